The number of hydrogen-bond donors (Lipinski definition) is 0. The number of carbonyl (C=O) groups is 2. The molecular weight excluding hydrogens is 695 g/mol. The molecule has 0 bridgehead atoms. The van der Waals surface area contributed by atoms with Gasteiger partial charge in [0.1, 0.15) is 33.6 Å². The van der Waals surface area contributed by atoms with Crippen molar-refractivity contribution in [1.82, 2.24) is 30.0 Å². The predicted octanol–water partition coefficient (Wildman–Crippen LogP) is 5.27. The van der Waals surface area contributed by atoms with Crippen molar-refractivity contribution in [3.8, 4) is 11.4 Å². The number of halogens is 2. The number of fused-ring (bicyclic) bond motifs is 2. The maximum absolute atomic E-state index is 12.7. The molecule has 202 valence electrons. The van der Waals surface area contributed by atoms with E-state index in [0.717, 1.165) is 22.1 Å². The van der Waals surface area contributed by atoms with Crippen LogP contribution in [0.5, 0.6) is 0 Å². The van der Waals surface area contributed by atoms with E-state index >= 15 is 0 Å². The summed E-state index contributed by atoms with van der Waals surface area (Å²) in [6.07, 6.45) is 0.0833. The van der Waals surface area contributed by atoms with Crippen LogP contribution in [-0.2, 0) is 29.7 Å². The van der Waals surface area contributed by atoms with Gasteiger partial charge in [-0.25, -0.2) is 0 Å². The van der Waals surface area contributed by atoms with Crippen LogP contribution in [0.4, 0.5) is 8.78 Å². The van der Waals surface area contributed by atoms with Crippen LogP contribution in [0.3, 0.4) is 0 Å². The summed E-state index contributed by atoms with van der Waals surface area (Å²) in [7, 11) is 0. The first-order valence-corrected chi connectivity index (χ1v) is 11.8. The first-order valence-electron chi connectivity index (χ1n) is 11.8. The van der Waals surface area contributed by atoms with E-state index in [0.29, 0.717) is 11.4 Å². The van der Waals surface area contributed by atoms with E-state index < -0.39 is 0 Å². The van der Waals surface area contributed by atoms with E-state index in [1.54, 1.807) is 12.1 Å². The number of carbonyl (C=O) groups excluding carboxylic acids is 2. The normalized spacial score (nSPS) is 10.1. The zero-order chi connectivity index (χ0) is 27.8. The van der Waals surface area contributed by atoms with Crippen LogP contribution >= 0.6 is 0 Å². The van der Waals surface area contributed by atoms with Gasteiger partial charge in [-0.15, -0.1) is 36.4 Å². The Labute approximate surface area is 242 Å². The molecule has 40 heavy (non-hydrogen) atoms. The summed E-state index contributed by atoms with van der Waals surface area (Å²) in [6.45, 7) is 2.81. The Morgan fingerprint density at radius 3 is 1.18 bits per heavy atom. The van der Waals surface area contributed by atoms with Crippen molar-refractivity contribution in [1.29, 1.82) is 0 Å². The molecule has 0 aliphatic rings. The minimum atomic E-state index is -0.319. The van der Waals surface area contributed by atoms with Gasteiger partial charge in [0.05, 0.1) is 6.42 Å². The molecule has 0 N–H and O–H groups in total. The first-order chi connectivity index (χ1) is 18.8. The minimum absolute atomic E-state index is 0. The van der Waals surface area contributed by atoms with Crippen molar-refractivity contribution >= 4 is 33.6 Å². The van der Waals surface area contributed by atoms with E-state index in [9.17, 15) is 18.4 Å². The Balaban J connectivity index is 0.000000177. The van der Waals surface area contributed by atoms with Crippen LogP contribution in [0.2, 0.25) is 0 Å². The van der Waals surface area contributed by atoms with Gasteiger partial charge in [-0.1, -0.05) is 24.3 Å². The van der Waals surface area contributed by atoms with Gasteiger partial charge < -0.3 is 0 Å². The number of rotatable bonds is 4. The van der Waals surface area contributed by atoms with Gasteiger partial charge in [-0.3, -0.25) is 18.4 Å². The third-order valence-corrected chi connectivity index (χ3v) is 5.02. The Bertz CT molecular complexity index is 1520. The van der Waals surface area contributed by atoms with Gasteiger partial charge in [0.25, 0.3) is 0 Å². The Kier molecular flexibility index (Phi) is 10.6. The Morgan fingerprint density at radius 1 is 0.625 bits per heavy atom. The van der Waals surface area contributed by atoms with Crippen molar-refractivity contribution < 1.29 is 38.5 Å². The average Bonchev–Trinajstić information content (AvgIpc) is 3.54. The van der Waals surface area contributed by atoms with Crippen LogP contribution in [-0.4, -0.2) is 41.6 Å². The molecule has 4 aromatic carbocycles. The molecular formula is C29H22F2IrN6O2+. The maximum Gasteiger partial charge on any atom is 3.00 e. The van der Waals surface area contributed by atoms with Gasteiger partial charge in [0.2, 0.25) is 0 Å². The van der Waals surface area contributed by atoms with E-state index in [1.807, 2.05) is 48.5 Å². The summed E-state index contributed by atoms with van der Waals surface area (Å²) in [6, 6.07) is 29.1. The van der Waals surface area contributed by atoms with Crippen LogP contribution in [0, 0.1) is 23.8 Å². The maximum atomic E-state index is 12.7. The molecule has 0 aliphatic carbocycles. The number of Topliss-reactive ketones (excluding diaryl/α,β-unsaturated/α-hetero) is 2. The summed E-state index contributed by atoms with van der Waals surface area (Å²) in [4.78, 5) is 23.0. The molecule has 0 saturated heterocycles. The molecule has 6 aromatic rings. The fraction of sp³-hybridized carbons (Fsp3) is 0.103. The smallest absolute Gasteiger partial charge is 0.300 e. The number of ketones is 2. The SMILES string of the molecule is CC(=O)CC(C)=O.Fc1c[c-]c(-n2nc3ccccc3n2)cc1.Fc1c[c-]c(-n2nc3ccccc3n2)cc1.[Ir+3]. The topological polar surface area (TPSA) is 95.6 Å². The third kappa shape index (κ3) is 8.26. The van der Waals surface area contributed by atoms with Crippen LogP contribution in [0.25, 0.3) is 33.4 Å². The molecule has 6 rings (SSSR count). The van der Waals surface area contributed by atoms with Gasteiger partial charge >= 0.3 is 20.1 Å². The van der Waals surface area contributed by atoms with Crippen LogP contribution in [0.15, 0.2) is 84.9 Å². The fourth-order valence-electron chi connectivity index (χ4n) is 3.33. The molecule has 0 aliphatic heterocycles. The first kappa shape index (κ1) is 30.1. The van der Waals surface area contributed by atoms with Gasteiger partial charge in [-0.05, 0) is 49.5 Å². The van der Waals surface area contributed by atoms with Gasteiger partial charge in [0, 0.05) is 11.6 Å². The second-order valence-corrected chi connectivity index (χ2v) is 8.32. The molecule has 0 radical (unpaired) electrons. The van der Waals surface area contributed by atoms with E-state index in [4.69, 9.17) is 0 Å². The summed E-state index contributed by atoms with van der Waals surface area (Å²) < 4.78 is 25.5. The van der Waals surface area contributed by atoms with Crippen LogP contribution in [0.1, 0.15) is 20.3 Å². The largest absolute Gasteiger partial charge is 3.00 e. The zero-order valence-electron chi connectivity index (χ0n) is 21.4. The van der Waals surface area contributed by atoms with Gasteiger partial charge in [-0.2, -0.15) is 42.1 Å². The Morgan fingerprint density at radius 2 is 0.950 bits per heavy atom. The summed E-state index contributed by atoms with van der Waals surface area (Å²) in [5.74, 6) is -0.763. The summed E-state index contributed by atoms with van der Waals surface area (Å²) in [5, 5.41) is 17.1. The van der Waals surface area contributed by atoms with Crippen molar-refractivity contribution in [2.45, 2.75) is 20.3 Å². The summed E-state index contributed by atoms with van der Waals surface area (Å²) >= 11 is 0. The number of hydrogen-bond acceptors (Lipinski definition) is 6. The molecule has 2 heterocycles. The minimum Gasteiger partial charge on any atom is -0.300 e. The number of aromatic nitrogens is 6. The number of benzene rings is 4. The molecule has 0 fully saturated rings. The van der Waals surface area contributed by atoms with Crippen molar-refractivity contribution in [2.24, 2.45) is 0 Å². The quantitative estimate of drug-likeness (QED) is 0.182. The van der Waals surface area contributed by atoms with Crippen LogP contribution < -0.4 is 0 Å². The summed E-state index contributed by atoms with van der Waals surface area (Å²) in [5.41, 5.74) is 4.47. The van der Waals surface area contributed by atoms with E-state index in [1.165, 1.54) is 47.7 Å². The van der Waals surface area contributed by atoms with Crippen molar-refractivity contribution in [3.05, 3.63) is 109 Å². The standard InChI is InChI=1S/2C12H7FN3.C5H8O2.Ir/c2*13-9-5-7-10(8-6-9)16-14-11-3-1-2-4-12(11)15-16;1-4(6)3-5(2)7;/h2*1-7H;3H2,1-2H3;/q2*-1;;+3. The average molecular weight is 717 g/mol. The second-order valence-electron chi connectivity index (χ2n) is 8.32. The third-order valence-electron chi connectivity index (χ3n) is 5.02. The molecule has 8 nitrogen and oxygen atoms in total. The molecule has 0 atom stereocenters. The van der Waals surface area contributed by atoms with E-state index in [-0.39, 0.29) is 49.7 Å². The van der Waals surface area contributed by atoms with Crippen molar-refractivity contribution in [3.63, 3.8) is 0 Å². The monoisotopic (exact) mass is 717 g/mol. The van der Waals surface area contributed by atoms with Gasteiger partial charge in [0.15, 0.2) is 0 Å². The number of nitrogens with zero attached hydrogens (tertiary/aromatic N) is 6. The predicted molar refractivity (Wildman–Crippen MR) is 141 cm³/mol. The molecule has 0 amide bonds. The fourth-order valence-corrected chi connectivity index (χ4v) is 3.33. The van der Waals surface area contributed by atoms with Crippen molar-refractivity contribution in [2.75, 3.05) is 0 Å². The molecule has 0 saturated carbocycles. The zero-order valence-corrected chi connectivity index (χ0v) is 23.8. The molecule has 0 unspecified atom stereocenters. The second kappa shape index (κ2) is 14.1. The molecule has 0 spiro atoms. The molecule has 2 aromatic heterocycles. The van der Waals surface area contributed by atoms with E-state index in [2.05, 4.69) is 32.5 Å². The Hall–Kier alpha value is -4.47. The molecule has 11 heteroatoms.